The van der Waals surface area contributed by atoms with Crippen molar-refractivity contribution in [2.45, 2.75) is 6.92 Å². The Hall–Kier alpha value is -4.04. The summed E-state index contributed by atoms with van der Waals surface area (Å²) in [5.41, 5.74) is 1.28. The number of nitrogens with zero attached hydrogens (tertiary/aromatic N) is 4. The maximum Gasteiger partial charge on any atom is 0.284 e. The average Bonchev–Trinajstić information content (AvgIpc) is 3.38. The molecule has 1 aromatic carbocycles. The molecule has 29 heavy (non-hydrogen) atoms. The van der Waals surface area contributed by atoms with E-state index < -0.39 is 10.8 Å². The van der Waals surface area contributed by atoms with Crippen LogP contribution in [0.4, 0.5) is 10.8 Å². The van der Waals surface area contributed by atoms with E-state index in [9.17, 15) is 20.2 Å². The zero-order chi connectivity index (χ0) is 20.8. The Morgan fingerprint density at radius 2 is 2.28 bits per heavy atom. The molecule has 146 valence electrons. The molecule has 0 spiro atoms. The Bertz CT molecular complexity index is 1110. The number of nitro benzene ring substituents is 1. The molecule has 0 unspecified atom stereocenters. The molecular weight excluding hydrogens is 398 g/mol. The molecule has 0 aliphatic heterocycles. The van der Waals surface area contributed by atoms with Crippen molar-refractivity contribution in [3.63, 3.8) is 0 Å². The number of nitriles is 1. The van der Waals surface area contributed by atoms with Crippen molar-refractivity contribution >= 4 is 34.1 Å². The van der Waals surface area contributed by atoms with Crippen LogP contribution in [0.15, 0.2) is 45.8 Å². The van der Waals surface area contributed by atoms with Gasteiger partial charge < -0.3 is 9.15 Å². The first-order valence-corrected chi connectivity index (χ1v) is 9.10. The Morgan fingerprint density at radius 1 is 1.45 bits per heavy atom. The zero-order valence-electron chi connectivity index (χ0n) is 15.0. The average molecular weight is 411 g/mol. The SMILES string of the molecule is CCOc1ccc(-c2ccc(/C=C(/C#N)C(=O)Nc3nncs3)o2)c([N+](=O)[O-])c1. The van der Waals surface area contributed by atoms with Crippen molar-refractivity contribution in [1.82, 2.24) is 10.2 Å². The van der Waals surface area contributed by atoms with Crippen molar-refractivity contribution in [1.29, 1.82) is 5.26 Å². The number of aromatic nitrogens is 2. The minimum absolute atomic E-state index is 0.185. The highest BCUT2D eigenvalue weighted by molar-refractivity contribution is 7.13. The van der Waals surface area contributed by atoms with Gasteiger partial charge in [-0.25, -0.2) is 0 Å². The summed E-state index contributed by atoms with van der Waals surface area (Å²) in [6.45, 7) is 2.15. The number of ether oxygens (including phenoxy) is 1. The minimum atomic E-state index is -0.672. The summed E-state index contributed by atoms with van der Waals surface area (Å²) < 4.78 is 10.9. The third-order valence-electron chi connectivity index (χ3n) is 3.60. The third-order valence-corrected chi connectivity index (χ3v) is 4.21. The highest BCUT2D eigenvalue weighted by Gasteiger charge is 2.20. The van der Waals surface area contributed by atoms with Crippen molar-refractivity contribution in [3.8, 4) is 23.1 Å². The maximum absolute atomic E-state index is 12.2. The summed E-state index contributed by atoms with van der Waals surface area (Å²) >= 11 is 1.11. The molecule has 0 bridgehead atoms. The van der Waals surface area contributed by atoms with E-state index in [0.29, 0.717) is 12.4 Å². The number of furan rings is 1. The number of anilines is 1. The number of hydrogen-bond donors (Lipinski definition) is 1. The molecule has 0 radical (unpaired) electrons. The van der Waals surface area contributed by atoms with Crippen LogP contribution in [-0.2, 0) is 4.79 Å². The van der Waals surface area contributed by atoms with Gasteiger partial charge in [0.25, 0.3) is 11.6 Å². The number of amides is 1. The standard InChI is InChI=1S/C18H13N5O5S/c1-2-27-12-3-5-14(15(8-12)23(25)26)16-6-4-13(28-16)7-11(9-19)17(24)21-18-22-20-10-29-18/h3-8,10H,2H2,1H3,(H,21,22,24)/b11-7-. The highest BCUT2D eigenvalue weighted by atomic mass is 32.1. The van der Waals surface area contributed by atoms with Crippen LogP contribution in [0.3, 0.4) is 0 Å². The smallest absolute Gasteiger partial charge is 0.284 e. The van der Waals surface area contributed by atoms with Crippen LogP contribution in [0.5, 0.6) is 5.75 Å². The molecule has 0 saturated carbocycles. The second-order valence-electron chi connectivity index (χ2n) is 5.44. The van der Waals surface area contributed by atoms with E-state index in [1.165, 1.54) is 35.9 Å². The lowest BCUT2D eigenvalue weighted by molar-refractivity contribution is -0.384. The molecule has 2 aromatic heterocycles. The number of benzene rings is 1. The summed E-state index contributed by atoms with van der Waals surface area (Å²) in [5, 5.41) is 30.6. The minimum Gasteiger partial charge on any atom is -0.494 e. The summed E-state index contributed by atoms with van der Waals surface area (Å²) in [7, 11) is 0. The highest BCUT2D eigenvalue weighted by Crippen LogP contribution is 2.34. The van der Waals surface area contributed by atoms with Crippen LogP contribution in [0, 0.1) is 21.4 Å². The van der Waals surface area contributed by atoms with E-state index in [1.807, 2.05) is 0 Å². The monoisotopic (exact) mass is 411 g/mol. The molecule has 3 aromatic rings. The Balaban J connectivity index is 1.88. The number of carbonyl (C=O) groups excluding carboxylic acids is 1. The van der Waals surface area contributed by atoms with Crippen molar-refractivity contribution in [3.05, 3.63) is 57.3 Å². The van der Waals surface area contributed by atoms with Gasteiger partial charge in [0.1, 0.15) is 34.4 Å². The van der Waals surface area contributed by atoms with Crippen LogP contribution >= 0.6 is 11.3 Å². The van der Waals surface area contributed by atoms with Gasteiger partial charge in [0.15, 0.2) is 0 Å². The molecule has 10 nitrogen and oxygen atoms in total. The van der Waals surface area contributed by atoms with Gasteiger partial charge in [-0.15, -0.1) is 10.2 Å². The summed E-state index contributed by atoms with van der Waals surface area (Å²) in [6.07, 6.45) is 1.24. The molecule has 0 fully saturated rings. The van der Waals surface area contributed by atoms with Gasteiger partial charge in [-0.2, -0.15) is 5.26 Å². The number of hydrogen-bond acceptors (Lipinski definition) is 9. The lowest BCUT2D eigenvalue weighted by Crippen LogP contribution is -2.13. The molecule has 2 heterocycles. The van der Waals surface area contributed by atoms with Gasteiger partial charge >= 0.3 is 0 Å². The van der Waals surface area contributed by atoms with Crippen LogP contribution < -0.4 is 10.1 Å². The van der Waals surface area contributed by atoms with Crippen molar-refractivity contribution in [2.24, 2.45) is 0 Å². The van der Waals surface area contributed by atoms with E-state index in [4.69, 9.17) is 9.15 Å². The molecule has 0 atom stereocenters. The molecule has 1 amide bonds. The van der Waals surface area contributed by atoms with Crippen LogP contribution in [-0.4, -0.2) is 27.6 Å². The first kappa shape index (κ1) is 19.7. The van der Waals surface area contributed by atoms with Gasteiger partial charge in [0, 0.05) is 6.08 Å². The Morgan fingerprint density at radius 3 is 2.93 bits per heavy atom. The van der Waals surface area contributed by atoms with Gasteiger partial charge in [0.05, 0.1) is 23.2 Å². The zero-order valence-corrected chi connectivity index (χ0v) is 15.8. The summed E-state index contributed by atoms with van der Waals surface area (Å²) in [6, 6.07) is 9.24. The Labute approximate surface area is 168 Å². The lowest BCUT2D eigenvalue weighted by atomic mass is 10.1. The largest absolute Gasteiger partial charge is 0.494 e. The van der Waals surface area contributed by atoms with E-state index in [0.717, 1.165) is 11.3 Å². The van der Waals surface area contributed by atoms with Gasteiger partial charge in [-0.3, -0.25) is 20.2 Å². The first-order chi connectivity index (χ1) is 14.0. The van der Waals surface area contributed by atoms with Gasteiger partial charge in [0.2, 0.25) is 5.13 Å². The van der Waals surface area contributed by atoms with E-state index in [1.54, 1.807) is 19.1 Å². The fraction of sp³-hybridized carbons (Fsp3) is 0.111. The summed E-state index contributed by atoms with van der Waals surface area (Å²) in [5.74, 6) is 0.101. The fourth-order valence-electron chi connectivity index (χ4n) is 2.39. The van der Waals surface area contributed by atoms with Crippen LogP contribution in [0.25, 0.3) is 17.4 Å². The first-order valence-electron chi connectivity index (χ1n) is 8.22. The molecule has 3 rings (SSSR count). The number of rotatable bonds is 7. The molecule has 11 heteroatoms. The summed E-state index contributed by atoms with van der Waals surface area (Å²) in [4.78, 5) is 23.0. The Kier molecular flexibility index (Phi) is 5.96. The molecule has 0 saturated heterocycles. The van der Waals surface area contributed by atoms with Gasteiger partial charge in [-0.1, -0.05) is 11.3 Å². The van der Waals surface area contributed by atoms with Gasteiger partial charge in [-0.05, 0) is 31.2 Å². The normalized spacial score (nSPS) is 11.0. The topological polar surface area (TPSA) is 144 Å². The van der Waals surface area contributed by atoms with E-state index in [-0.39, 0.29) is 33.5 Å². The predicted octanol–water partition coefficient (Wildman–Crippen LogP) is 3.65. The third kappa shape index (κ3) is 4.63. The van der Waals surface area contributed by atoms with Crippen molar-refractivity contribution < 1.29 is 18.9 Å². The second-order valence-corrected chi connectivity index (χ2v) is 6.27. The maximum atomic E-state index is 12.2. The number of carbonyl (C=O) groups is 1. The van der Waals surface area contributed by atoms with Crippen LogP contribution in [0.1, 0.15) is 12.7 Å². The van der Waals surface area contributed by atoms with E-state index in [2.05, 4.69) is 15.5 Å². The molecular formula is C18H13N5O5S. The lowest BCUT2D eigenvalue weighted by Gasteiger charge is -2.05. The fourth-order valence-corrected chi connectivity index (χ4v) is 2.83. The quantitative estimate of drug-likeness (QED) is 0.268. The second kappa shape index (κ2) is 8.77. The van der Waals surface area contributed by atoms with Crippen LogP contribution in [0.2, 0.25) is 0 Å². The molecule has 1 N–H and O–H groups in total. The predicted molar refractivity (Wildman–Crippen MR) is 104 cm³/mol. The molecule has 0 aliphatic rings. The number of nitro groups is 1. The number of nitrogens with one attached hydrogen (secondary N) is 1. The molecule has 0 aliphatic carbocycles. The van der Waals surface area contributed by atoms with Crippen molar-refractivity contribution in [2.75, 3.05) is 11.9 Å². The van der Waals surface area contributed by atoms with E-state index >= 15 is 0 Å².